The Labute approximate surface area is 171 Å². The summed E-state index contributed by atoms with van der Waals surface area (Å²) in [5, 5.41) is 2.90. The summed E-state index contributed by atoms with van der Waals surface area (Å²) in [6, 6.07) is 12.9. The van der Waals surface area contributed by atoms with Gasteiger partial charge in [-0.2, -0.15) is 0 Å². The second kappa shape index (κ2) is 9.99. The van der Waals surface area contributed by atoms with Crippen LogP contribution in [0, 0.1) is 0 Å². The fraction of sp³-hybridized carbons (Fsp3) is 0.333. The quantitative estimate of drug-likeness (QED) is 0.718. The Morgan fingerprint density at radius 1 is 1.21 bits per heavy atom. The first-order chi connectivity index (χ1) is 13.1. The molecule has 2 aromatic rings. The summed E-state index contributed by atoms with van der Waals surface area (Å²) < 4.78 is 5.40. The van der Waals surface area contributed by atoms with E-state index < -0.39 is 0 Å². The van der Waals surface area contributed by atoms with E-state index in [1.54, 1.807) is 30.2 Å². The van der Waals surface area contributed by atoms with Crippen LogP contribution in [0.1, 0.15) is 31.2 Å². The molecule has 2 aromatic carbocycles. The van der Waals surface area contributed by atoms with Crippen molar-refractivity contribution in [1.29, 1.82) is 0 Å². The van der Waals surface area contributed by atoms with Crippen molar-refractivity contribution < 1.29 is 14.3 Å². The van der Waals surface area contributed by atoms with E-state index in [0.29, 0.717) is 48.6 Å². The third-order valence-corrected chi connectivity index (χ3v) is 4.75. The van der Waals surface area contributed by atoms with Gasteiger partial charge < -0.3 is 20.7 Å². The zero-order valence-electron chi connectivity index (χ0n) is 15.9. The number of nitrogens with two attached hydrogens (primary N) is 1. The number of hydrogen-bond acceptors (Lipinski definition) is 4. The van der Waals surface area contributed by atoms with Crippen LogP contribution in [0.3, 0.4) is 0 Å². The van der Waals surface area contributed by atoms with Crippen LogP contribution in [0.2, 0.25) is 0 Å². The van der Waals surface area contributed by atoms with Crippen molar-refractivity contribution in [2.75, 3.05) is 29.6 Å². The summed E-state index contributed by atoms with van der Waals surface area (Å²) in [7, 11) is 1.58. The van der Waals surface area contributed by atoms with Crippen LogP contribution in [0.25, 0.3) is 0 Å². The standard InChI is InChI=1S/C21H25N3O3.ClH/c1-27-19-11-10-16(14-18(19)24-13-5-4-8-21(24)26)23-20(25)12-9-15-6-2-3-7-17(15)22;/h2-3,6-7,10-11,14H,4-5,8-9,12-13,22H2,1H3,(H,23,25);1H. The first-order valence-electron chi connectivity index (χ1n) is 9.20. The zero-order chi connectivity index (χ0) is 19.2. The molecule has 150 valence electrons. The van der Waals surface area contributed by atoms with E-state index in [-0.39, 0.29) is 24.2 Å². The molecule has 0 aliphatic carbocycles. The van der Waals surface area contributed by atoms with Crippen molar-refractivity contribution in [2.45, 2.75) is 32.1 Å². The van der Waals surface area contributed by atoms with Crippen LogP contribution >= 0.6 is 12.4 Å². The fourth-order valence-corrected chi connectivity index (χ4v) is 3.27. The van der Waals surface area contributed by atoms with Gasteiger partial charge in [0.2, 0.25) is 11.8 Å². The second-order valence-electron chi connectivity index (χ2n) is 6.64. The van der Waals surface area contributed by atoms with Gasteiger partial charge in [0.15, 0.2) is 0 Å². The lowest BCUT2D eigenvalue weighted by molar-refractivity contribution is -0.119. The number of ether oxygens (including phenoxy) is 1. The molecule has 3 rings (SSSR count). The number of methoxy groups -OCH3 is 1. The molecule has 7 heteroatoms. The van der Waals surface area contributed by atoms with Gasteiger partial charge in [0.1, 0.15) is 5.75 Å². The third-order valence-electron chi connectivity index (χ3n) is 4.75. The largest absolute Gasteiger partial charge is 0.495 e. The number of aryl methyl sites for hydroxylation is 1. The van der Waals surface area contributed by atoms with Crippen molar-refractivity contribution in [1.82, 2.24) is 0 Å². The Balaban J connectivity index is 0.00000280. The van der Waals surface area contributed by atoms with E-state index in [9.17, 15) is 9.59 Å². The van der Waals surface area contributed by atoms with Crippen molar-refractivity contribution in [3.63, 3.8) is 0 Å². The number of para-hydroxylation sites is 1. The Morgan fingerprint density at radius 2 is 2.00 bits per heavy atom. The molecule has 3 N–H and O–H groups in total. The number of nitrogens with one attached hydrogen (secondary N) is 1. The van der Waals surface area contributed by atoms with E-state index in [0.717, 1.165) is 18.4 Å². The van der Waals surface area contributed by atoms with Crippen molar-refractivity contribution in [3.8, 4) is 5.75 Å². The topological polar surface area (TPSA) is 84.7 Å². The van der Waals surface area contributed by atoms with Gasteiger partial charge in [-0.1, -0.05) is 18.2 Å². The monoisotopic (exact) mass is 403 g/mol. The lowest BCUT2D eigenvalue weighted by Crippen LogP contribution is -2.35. The summed E-state index contributed by atoms with van der Waals surface area (Å²) in [6.07, 6.45) is 3.32. The number of piperidine rings is 1. The summed E-state index contributed by atoms with van der Waals surface area (Å²) >= 11 is 0. The summed E-state index contributed by atoms with van der Waals surface area (Å²) in [4.78, 5) is 26.3. The number of rotatable bonds is 6. The highest BCUT2D eigenvalue weighted by Crippen LogP contribution is 2.33. The molecular weight excluding hydrogens is 378 g/mol. The Hall–Kier alpha value is -2.73. The minimum atomic E-state index is -0.0978. The number of halogens is 1. The maximum atomic E-state index is 12.3. The van der Waals surface area contributed by atoms with Gasteiger partial charge in [0, 0.05) is 30.8 Å². The van der Waals surface area contributed by atoms with Crippen LogP contribution in [0.4, 0.5) is 17.1 Å². The van der Waals surface area contributed by atoms with Gasteiger partial charge in [-0.05, 0) is 49.1 Å². The number of anilines is 3. The first kappa shape index (κ1) is 21.6. The van der Waals surface area contributed by atoms with Crippen molar-refractivity contribution in [3.05, 3.63) is 48.0 Å². The van der Waals surface area contributed by atoms with Gasteiger partial charge in [-0.25, -0.2) is 0 Å². The predicted octanol–water partition coefficient (Wildman–Crippen LogP) is 3.79. The molecule has 0 aromatic heterocycles. The molecule has 6 nitrogen and oxygen atoms in total. The number of carbonyl (C=O) groups is 2. The average molecular weight is 404 g/mol. The molecule has 0 atom stereocenters. The number of nitrogen functional groups attached to an aromatic ring is 1. The first-order valence-corrected chi connectivity index (χ1v) is 9.20. The molecule has 1 aliphatic heterocycles. The maximum Gasteiger partial charge on any atom is 0.227 e. The normalized spacial score (nSPS) is 13.6. The minimum absolute atomic E-state index is 0. The van der Waals surface area contributed by atoms with E-state index in [4.69, 9.17) is 10.5 Å². The molecule has 0 saturated carbocycles. The highest BCUT2D eigenvalue weighted by atomic mass is 35.5. The second-order valence-corrected chi connectivity index (χ2v) is 6.64. The molecule has 0 bridgehead atoms. The van der Waals surface area contributed by atoms with Crippen LogP contribution in [0.15, 0.2) is 42.5 Å². The Bertz CT molecular complexity index is 841. The molecule has 1 aliphatic rings. The maximum absolute atomic E-state index is 12.3. The van der Waals surface area contributed by atoms with Crippen LogP contribution in [0.5, 0.6) is 5.75 Å². The molecule has 0 unspecified atom stereocenters. The van der Waals surface area contributed by atoms with E-state index in [1.807, 2.05) is 24.3 Å². The fourth-order valence-electron chi connectivity index (χ4n) is 3.27. The van der Waals surface area contributed by atoms with Crippen molar-refractivity contribution in [2.24, 2.45) is 0 Å². The SMILES string of the molecule is COc1ccc(NC(=O)CCc2ccccc2N)cc1N1CCCCC1=O.Cl. The lowest BCUT2D eigenvalue weighted by atomic mass is 10.1. The number of hydrogen-bond donors (Lipinski definition) is 2. The van der Waals surface area contributed by atoms with E-state index >= 15 is 0 Å². The third kappa shape index (κ3) is 5.16. The zero-order valence-corrected chi connectivity index (χ0v) is 16.8. The number of nitrogens with zero attached hydrogens (tertiary/aromatic N) is 1. The number of amides is 2. The van der Waals surface area contributed by atoms with Gasteiger partial charge in [0.25, 0.3) is 0 Å². The summed E-state index contributed by atoms with van der Waals surface area (Å²) in [6.45, 7) is 0.667. The molecule has 0 spiro atoms. The van der Waals surface area contributed by atoms with Gasteiger partial charge >= 0.3 is 0 Å². The summed E-state index contributed by atoms with van der Waals surface area (Å²) in [5.41, 5.74) is 8.93. The molecule has 28 heavy (non-hydrogen) atoms. The van der Waals surface area contributed by atoms with E-state index in [1.165, 1.54) is 0 Å². The minimum Gasteiger partial charge on any atom is -0.495 e. The molecule has 0 radical (unpaired) electrons. The molecular formula is C21H26ClN3O3. The highest BCUT2D eigenvalue weighted by Gasteiger charge is 2.23. The average Bonchev–Trinajstić information content (AvgIpc) is 2.68. The predicted molar refractivity (Wildman–Crippen MR) is 114 cm³/mol. The van der Waals surface area contributed by atoms with Gasteiger partial charge in [-0.3, -0.25) is 9.59 Å². The highest BCUT2D eigenvalue weighted by molar-refractivity contribution is 5.97. The van der Waals surface area contributed by atoms with Crippen LogP contribution in [-0.4, -0.2) is 25.5 Å². The smallest absolute Gasteiger partial charge is 0.227 e. The molecule has 1 heterocycles. The van der Waals surface area contributed by atoms with E-state index in [2.05, 4.69) is 5.32 Å². The Kier molecular flexibility index (Phi) is 7.70. The molecule has 1 saturated heterocycles. The van der Waals surface area contributed by atoms with Gasteiger partial charge in [0.05, 0.1) is 12.8 Å². The number of carbonyl (C=O) groups excluding carboxylic acids is 2. The van der Waals surface area contributed by atoms with Gasteiger partial charge in [-0.15, -0.1) is 12.4 Å². The lowest BCUT2D eigenvalue weighted by Gasteiger charge is -2.28. The van der Waals surface area contributed by atoms with Crippen molar-refractivity contribution >= 4 is 41.3 Å². The number of benzene rings is 2. The molecule has 2 amide bonds. The molecule has 1 fully saturated rings. The van der Waals surface area contributed by atoms with Crippen LogP contribution < -0.4 is 20.7 Å². The summed E-state index contributed by atoms with van der Waals surface area (Å²) in [5.74, 6) is 0.613. The Morgan fingerprint density at radius 3 is 2.71 bits per heavy atom. The van der Waals surface area contributed by atoms with Crippen LogP contribution in [-0.2, 0) is 16.0 Å².